The molecule has 9 heavy (non-hydrogen) atoms. The van der Waals surface area contributed by atoms with Crippen molar-refractivity contribution in [3.05, 3.63) is 0 Å². The van der Waals surface area contributed by atoms with Gasteiger partial charge >= 0.3 is 12.6 Å². The molecule has 55 valence electrons. The van der Waals surface area contributed by atoms with Crippen molar-refractivity contribution < 1.29 is 13.2 Å². The highest BCUT2D eigenvalue weighted by Crippen LogP contribution is 2.47. The molecule has 0 saturated carbocycles. The van der Waals surface area contributed by atoms with Crippen LogP contribution in [0.25, 0.3) is 0 Å². The van der Waals surface area contributed by atoms with Gasteiger partial charge in [0.25, 0.3) is 0 Å². The Hall–Kier alpha value is 0.495. The second kappa shape index (κ2) is 2.62. The van der Waals surface area contributed by atoms with E-state index < -0.39 is 15.2 Å². The first-order valence-corrected chi connectivity index (χ1v) is 5.40. The molecule has 0 heterocycles. The number of hydrogen-bond donors (Lipinski definition) is 0. The standard InChI is InChI=1S/C3H6BClF3S/c1-9(2,5)4-3(6,7)8/h1-2H3. The summed E-state index contributed by atoms with van der Waals surface area (Å²) in [6, 6.07) is 0. The maximum Gasteiger partial charge on any atom is 0.351 e. The Labute approximate surface area is 58.7 Å². The molecule has 0 amide bonds. The fraction of sp³-hybridized carbons (Fsp3) is 1.00. The molecular weight excluding hydrogens is 171 g/mol. The Balaban J connectivity index is 3.75. The lowest BCUT2D eigenvalue weighted by molar-refractivity contribution is -0.0442. The van der Waals surface area contributed by atoms with Crippen LogP contribution in [0.4, 0.5) is 13.2 Å². The average molecular weight is 177 g/mol. The van der Waals surface area contributed by atoms with Gasteiger partial charge in [-0.25, -0.2) is 0 Å². The predicted octanol–water partition coefficient (Wildman–Crippen LogP) is 2.34. The van der Waals surface area contributed by atoms with Gasteiger partial charge in [0.15, 0.2) is 0 Å². The third-order valence-electron chi connectivity index (χ3n) is 0.414. The molecule has 0 aromatic rings. The summed E-state index contributed by atoms with van der Waals surface area (Å²) < 4.78 is 34.3. The zero-order valence-corrected chi connectivity index (χ0v) is 6.57. The van der Waals surface area contributed by atoms with E-state index in [2.05, 4.69) is 0 Å². The lowest BCUT2D eigenvalue weighted by atomic mass is 10.1. The summed E-state index contributed by atoms with van der Waals surface area (Å²) >= 11 is 0. The quantitative estimate of drug-likeness (QED) is 0.539. The van der Waals surface area contributed by atoms with Crippen LogP contribution in [0.3, 0.4) is 0 Å². The molecule has 0 aliphatic carbocycles. The van der Waals surface area contributed by atoms with Crippen molar-refractivity contribution in [3.63, 3.8) is 0 Å². The van der Waals surface area contributed by atoms with Gasteiger partial charge in [0.1, 0.15) is 0 Å². The van der Waals surface area contributed by atoms with Crippen molar-refractivity contribution >= 4 is 26.3 Å². The third kappa shape index (κ3) is 8.49. The summed E-state index contributed by atoms with van der Waals surface area (Å²) in [6.07, 6.45) is -1.51. The molecular formula is C3H6BClF3S. The normalized spacial score (nSPS) is 15.3. The van der Waals surface area contributed by atoms with Gasteiger partial charge in [-0.3, -0.25) is 0 Å². The van der Waals surface area contributed by atoms with Crippen LogP contribution in [0.15, 0.2) is 0 Å². The minimum absolute atomic E-state index is 0.224. The van der Waals surface area contributed by atoms with E-state index in [1.54, 1.807) is 0 Å². The lowest BCUT2D eigenvalue weighted by Crippen LogP contribution is -2.20. The van der Waals surface area contributed by atoms with Gasteiger partial charge in [0, 0.05) is 0 Å². The second-order valence-corrected chi connectivity index (χ2v) is 7.11. The van der Waals surface area contributed by atoms with Gasteiger partial charge in [0.05, 0.1) is 0 Å². The van der Waals surface area contributed by atoms with Crippen LogP contribution in [-0.4, -0.2) is 25.1 Å². The van der Waals surface area contributed by atoms with Crippen molar-refractivity contribution in [2.24, 2.45) is 0 Å². The summed E-state index contributed by atoms with van der Waals surface area (Å²) in [4.78, 5) is 0. The number of rotatable bonds is 1. The maximum absolute atomic E-state index is 11.4. The van der Waals surface area contributed by atoms with Crippen LogP contribution in [0.1, 0.15) is 0 Å². The zero-order valence-electron chi connectivity index (χ0n) is 5.00. The first kappa shape index (κ1) is 9.49. The molecule has 0 aliphatic rings. The Morgan fingerprint density at radius 3 is 1.67 bits per heavy atom. The fourth-order valence-corrected chi connectivity index (χ4v) is 1.26. The first-order valence-electron chi connectivity index (χ1n) is 2.06. The average Bonchev–Trinajstić information content (AvgIpc) is 1.14. The van der Waals surface area contributed by atoms with E-state index in [9.17, 15) is 13.2 Å². The number of hydrogen-bond acceptors (Lipinski definition) is 0. The van der Waals surface area contributed by atoms with Gasteiger partial charge in [-0.2, -0.15) is 22.3 Å². The van der Waals surface area contributed by atoms with E-state index in [1.807, 2.05) is 0 Å². The molecule has 0 aromatic heterocycles. The van der Waals surface area contributed by atoms with Crippen molar-refractivity contribution in [2.45, 2.75) is 6.08 Å². The maximum atomic E-state index is 11.4. The van der Waals surface area contributed by atoms with Gasteiger partial charge in [0.2, 0.25) is 0 Å². The largest absolute Gasteiger partial charge is 0.351 e. The Kier molecular flexibility index (Phi) is 2.76. The van der Waals surface area contributed by atoms with E-state index in [0.29, 0.717) is 0 Å². The zero-order chi connectivity index (χ0) is 7.71. The molecule has 0 unspecified atom stereocenters. The second-order valence-electron chi connectivity index (χ2n) is 1.94. The summed E-state index contributed by atoms with van der Waals surface area (Å²) in [5.41, 5.74) is 0. The van der Waals surface area contributed by atoms with E-state index in [0.717, 1.165) is 0 Å². The minimum atomic E-state index is -4.24. The molecule has 0 aliphatic heterocycles. The highest BCUT2D eigenvalue weighted by Gasteiger charge is 2.35. The van der Waals surface area contributed by atoms with Crippen LogP contribution < -0.4 is 0 Å². The van der Waals surface area contributed by atoms with Crippen LogP contribution in [0.5, 0.6) is 0 Å². The molecule has 0 saturated heterocycles. The van der Waals surface area contributed by atoms with Gasteiger partial charge < -0.3 is 0 Å². The Bertz CT molecular complexity index is 84.2. The van der Waals surface area contributed by atoms with Crippen LogP contribution >= 0.6 is 19.8 Å². The third-order valence-corrected chi connectivity index (χ3v) is 1.51. The van der Waals surface area contributed by atoms with Crippen molar-refractivity contribution in [1.29, 1.82) is 0 Å². The Morgan fingerprint density at radius 2 is 1.67 bits per heavy atom. The highest BCUT2D eigenvalue weighted by molar-refractivity contribution is 8.66. The summed E-state index contributed by atoms with van der Waals surface area (Å²) in [6.45, 7) is 0.224. The van der Waals surface area contributed by atoms with Gasteiger partial charge in [-0.15, -0.1) is 0 Å². The number of halogens is 4. The summed E-state index contributed by atoms with van der Waals surface area (Å²) in [5.74, 6) is 0. The molecule has 0 bridgehead atoms. The smallest absolute Gasteiger partial charge is 0.194 e. The molecule has 0 fully saturated rings. The van der Waals surface area contributed by atoms with Crippen molar-refractivity contribution in [3.8, 4) is 0 Å². The van der Waals surface area contributed by atoms with E-state index in [-0.39, 0.29) is 6.56 Å². The predicted molar refractivity (Wildman–Crippen MR) is 37.1 cm³/mol. The first-order chi connectivity index (χ1) is 3.71. The minimum Gasteiger partial charge on any atom is -0.194 e. The van der Waals surface area contributed by atoms with Crippen LogP contribution in [-0.2, 0) is 0 Å². The van der Waals surface area contributed by atoms with Gasteiger partial charge in [-0.1, -0.05) is 10.7 Å². The molecule has 0 aromatic carbocycles. The monoisotopic (exact) mass is 177 g/mol. The SMILES string of the molecule is CS(C)(Cl)[B]C(F)(F)F. The molecule has 0 rings (SSSR count). The summed E-state index contributed by atoms with van der Waals surface area (Å²) in [7, 11) is 3.27. The van der Waals surface area contributed by atoms with Gasteiger partial charge in [-0.05, 0) is 12.5 Å². The van der Waals surface area contributed by atoms with E-state index in [4.69, 9.17) is 10.7 Å². The summed E-state index contributed by atoms with van der Waals surface area (Å²) in [5, 5.41) is 0. The van der Waals surface area contributed by atoms with Crippen LogP contribution in [0.2, 0.25) is 0 Å². The van der Waals surface area contributed by atoms with E-state index in [1.165, 1.54) is 12.5 Å². The highest BCUT2D eigenvalue weighted by atomic mass is 35.7. The topological polar surface area (TPSA) is 0 Å². The van der Waals surface area contributed by atoms with Crippen LogP contribution in [0, 0.1) is 0 Å². The fourth-order valence-electron chi connectivity index (χ4n) is 0.318. The molecule has 0 atom stereocenters. The molecule has 0 N–H and O–H groups in total. The lowest BCUT2D eigenvalue weighted by Gasteiger charge is -2.20. The van der Waals surface area contributed by atoms with Crippen molar-refractivity contribution in [1.82, 2.24) is 0 Å². The van der Waals surface area contributed by atoms with E-state index >= 15 is 0 Å². The molecule has 6 heteroatoms. The molecule has 1 radical (unpaired) electrons. The van der Waals surface area contributed by atoms with Crippen molar-refractivity contribution in [2.75, 3.05) is 12.5 Å². The molecule has 0 spiro atoms. The number of alkyl halides is 3. The molecule has 0 nitrogen and oxygen atoms in total. The Morgan fingerprint density at radius 1 is 1.33 bits per heavy atom.